The quantitative estimate of drug-likeness (QED) is 0.911. The van der Waals surface area contributed by atoms with E-state index in [2.05, 4.69) is 41.6 Å². The van der Waals surface area contributed by atoms with Crippen LogP contribution in [0.1, 0.15) is 44.6 Å². The number of rotatable bonds is 3. The van der Waals surface area contributed by atoms with E-state index in [9.17, 15) is 0 Å². The van der Waals surface area contributed by atoms with E-state index in [1.54, 1.807) is 0 Å². The molecule has 1 aromatic carbocycles. The number of hydrogen-bond acceptors (Lipinski definition) is 2. The van der Waals surface area contributed by atoms with E-state index in [1.807, 2.05) is 0 Å². The Morgan fingerprint density at radius 2 is 2.20 bits per heavy atom. The molecule has 0 spiro atoms. The van der Waals surface area contributed by atoms with Crippen molar-refractivity contribution in [2.24, 2.45) is 11.8 Å². The Hall–Kier alpha value is -1.51. The number of fused-ring (bicyclic) bond motifs is 1. The van der Waals surface area contributed by atoms with Crippen molar-refractivity contribution in [1.29, 1.82) is 0 Å². The van der Waals surface area contributed by atoms with E-state index >= 15 is 0 Å². The molecule has 1 heterocycles. The van der Waals surface area contributed by atoms with Crippen molar-refractivity contribution in [2.75, 3.05) is 5.73 Å². The van der Waals surface area contributed by atoms with Gasteiger partial charge in [0.1, 0.15) is 0 Å². The van der Waals surface area contributed by atoms with Crippen molar-refractivity contribution in [3.8, 4) is 0 Å². The molecule has 3 heteroatoms. The monoisotopic (exact) mass is 271 g/mol. The summed E-state index contributed by atoms with van der Waals surface area (Å²) in [4.78, 5) is 4.49. The predicted molar refractivity (Wildman–Crippen MR) is 84.6 cm³/mol. The summed E-state index contributed by atoms with van der Waals surface area (Å²) in [7, 11) is 0. The molecule has 0 bridgehead atoms. The van der Waals surface area contributed by atoms with Crippen LogP contribution in [0.5, 0.6) is 0 Å². The van der Waals surface area contributed by atoms with Gasteiger partial charge in [0, 0.05) is 6.54 Å². The van der Waals surface area contributed by atoms with Gasteiger partial charge in [0.05, 0.1) is 11.0 Å². The highest BCUT2D eigenvalue weighted by Gasteiger charge is 2.19. The molecule has 1 aliphatic carbocycles. The summed E-state index contributed by atoms with van der Waals surface area (Å²) in [5.74, 6) is 2.42. The highest BCUT2D eigenvalue weighted by molar-refractivity contribution is 5.81. The molecule has 2 N–H and O–H groups in total. The summed E-state index contributed by atoms with van der Waals surface area (Å²) >= 11 is 0. The van der Waals surface area contributed by atoms with Crippen LogP contribution in [0.3, 0.4) is 0 Å². The van der Waals surface area contributed by atoms with Gasteiger partial charge in [-0.2, -0.15) is 0 Å². The Morgan fingerprint density at radius 3 is 3.00 bits per heavy atom. The van der Waals surface area contributed by atoms with Crippen LogP contribution in [0.2, 0.25) is 0 Å². The molecule has 1 fully saturated rings. The first-order valence-electron chi connectivity index (χ1n) is 7.86. The molecule has 2 unspecified atom stereocenters. The average Bonchev–Trinajstić information content (AvgIpc) is 2.74. The minimum absolute atomic E-state index is 0.665. The summed E-state index contributed by atoms with van der Waals surface area (Å²) in [6.07, 6.45) is 6.80. The Labute approximate surface area is 121 Å². The van der Waals surface area contributed by atoms with Gasteiger partial charge in [-0.1, -0.05) is 38.3 Å². The zero-order valence-electron chi connectivity index (χ0n) is 12.6. The van der Waals surface area contributed by atoms with E-state index in [1.165, 1.54) is 43.2 Å². The van der Waals surface area contributed by atoms with Crippen LogP contribution in [-0.2, 0) is 6.54 Å². The third-order valence-electron chi connectivity index (χ3n) is 4.80. The summed E-state index contributed by atoms with van der Waals surface area (Å²) in [6.45, 7) is 5.53. The third kappa shape index (κ3) is 2.54. The smallest absolute Gasteiger partial charge is 0.201 e. The number of imidazole rings is 1. The van der Waals surface area contributed by atoms with Gasteiger partial charge in [-0.25, -0.2) is 4.98 Å². The summed E-state index contributed by atoms with van der Waals surface area (Å²) < 4.78 is 2.21. The maximum Gasteiger partial charge on any atom is 0.201 e. The van der Waals surface area contributed by atoms with Crippen LogP contribution in [-0.4, -0.2) is 9.55 Å². The second-order valence-corrected chi connectivity index (χ2v) is 6.49. The van der Waals surface area contributed by atoms with Crippen molar-refractivity contribution in [3.63, 3.8) is 0 Å². The number of hydrogen-bond donors (Lipinski definition) is 1. The van der Waals surface area contributed by atoms with E-state index in [0.29, 0.717) is 5.95 Å². The molecule has 2 aromatic rings. The highest BCUT2D eigenvalue weighted by atomic mass is 15.1. The Bertz CT molecular complexity index is 600. The molecule has 0 saturated heterocycles. The molecule has 0 amide bonds. The highest BCUT2D eigenvalue weighted by Crippen LogP contribution is 2.32. The van der Waals surface area contributed by atoms with Gasteiger partial charge in [-0.05, 0) is 43.2 Å². The van der Waals surface area contributed by atoms with Gasteiger partial charge >= 0.3 is 0 Å². The zero-order chi connectivity index (χ0) is 14.1. The topological polar surface area (TPSA) is 43.8 Å². The molecule has 2 atom stereocenters. The van der Waals surface area contributed by atoms with Gasteiger partial charge < -0.3 is 10.3 Å². The molecule has 1 aromatic heterocycles. The number of anilines is 1. The molecule has 108 valence electrons. The van der Waals surface area contributed by atoms with Gasteiger partial charge in [0.15, 0.2) is 0 Å². The van der Waals surface area contributed by atoms with Crippen molar-refractivity contribution in [1.82, 2.24) is 9.55 Å². The zero-order valence-corrected chi connectivity index (χ0v) is 12.6. The SMILES string of the molecule is Cc1cccc2nc(N)n(CCC3CCCC(C)C3)c12. The standard InChI is InChI=1S/C17H25N3/c1-12-5-3-7-14(11-12)9-10-20-16-13(2)6-4-8-15(16)19-17(20)18/h4,6,8,12,14H,3,5,7,9-11H2,1-2H3,(H2,18,19). The number of nitrogen functional groups attached to an aromatic ring is 1. The average molecular weight is 271 g/mol. The molecule has 0 aliphatic heterocycles. The fourth-order valence-electron chi connectivity index (χ4n) is 3.74. The Morgan fingerprint density at radius 1 is 1.35 bits per heavy atom. The lowest BCUT2D eigenvalue weighted by molar-refractivity contribution is 0.262. The second kappa shape index (κ2) is 5.47. The second-order valence-electron chi connectivity index (χ2n) is 6.49. The van der Waals surface area contributed by atoms with Crippen LogP contribution in [0.15, 0.2) is 18.2 Å². The van der Waals surface area contributed by atoms with Crippen molar-refractivity contribution in [3.05, 3.63) is 23.8 Å². The number of nitrogens with zero attached hydrogens (tertiary/aromatic N) is 2. The molecular weight excluding hydrogens is 246 g/mol. The summed E-state index contributed by atoms with van der Waals surface area (Å²) in [5.41, 5.74) is 9.63. The van der Waals surface area contributed by atoms with Crippen LogP contribution in [0, 0.1) is 18.8 Å². The fraction of sp³-hybridized carbons (Fsp3) is 0.588. The summed E-state index contributed by atoms with van der Waals surface area (Å²) in [6, 6.07) is 6.25. The first-order valence-corrected chi connectivity index (χ1v) is 7.86. The molecule has 1 saturated carbocycles. The number of aryl methyl sites for hydroxylation is 2. The maximum absolute atomic E-state index is 6.12. The van der Waals surface area contributed by atoms with Gasteiger partial charge in [0.2, 0.25) is 5.95 Å². The van der Waals surface area contributed by atoms with Crippen LogP contribution in [0.4, 0.5) is 5.95 Å². The van der Waals surface area contributed by atoms with Crippen molar-refractivity contribution in [2.45, 2.75) is 52.5 Å². The molecule has 3 nitrogen and oxygen atoms in total. The first-order chi connectivity index (χ1) is 9.65. The number of aromatic nitrogens is 2. The van der Waals surface area contributed by atoms with E-state index in [4.69, 9.17) is 5.73 Å². The predicted octanol–water partition coefficient (Wildman–Crippen LogP) is 4.14. The minimum Gasteiger partial charge on any atom is -0.369 e. The number of para-hydroxylation sites is 1. The largest absolute Gasteiger partial charge is 0.369 e. The molecule has 1 aliphatic rings. The first kappa shape index (κ1) is 13.5. The fourth-order valence-corrected chi connectivity index (χ4v) is 3.74. The lowest BCUT2D eigenvalue weighted by Gasteiger charge is -2.26. The Kier molecular flexibility index (Phi) is 3.68. The van der Waals surface area contributed by atoms with Gasteiger partial charge in [-0.3, -0.25) is 0 Å². The number of nitrogens with two attached hydrogens (primary N) is 1. The van der Waals surface area contributed by atoms with Gasteiger partial charge in [0.25, 0.3) is 0 Å². The van der Waals surface area contributed by atoms with E-state index in [-0.39, 0.29) is 0 Å². The Balaban J connectivity index is 1.79. The molecule has 3 rings (SSSR count). The van der Waals surface area contributed by atoms with Gasteiger partial charge in [-0.15, -0.1) is 0 Å². The van der Waals surface area contributed by atoms with E-state index in [0.717, 1.165) is 23.9 Å². The number of benzene rings is 1. The molecule has 20 heavy (non-hydrogen) atoms. The lowest BCUT2D eigenvalue weighted by Crippen LogP contribution is -2.16. The molecule has 0 radical (unpaired) electrons. The van der Waals surface area contributed by atoms with Crippen molar-refractivity contribution < 1.29 is 0 Å². The normalized spacial score (nSPS) is 23.3. The van der Waals surface area contributed by atoms with E-state index < -0.39 is 0 Å². The van der Waals surface area contributed by atoms with Crippen LogP contribution >= 0.6 is 0 Å². The van der Waals surface area contributed by atoms with Crippen LogP contribution in [0.25, 0.3) is 11.0 Å². The molecular formula is C17H25N3. The third-order valence-corrected chi connectivity index (χ3v) is 4.80. The van der Waals surface area contributed by atoms with Crippen LogP contribution < -0.4 is 5.73 Å². The lowest BCUT2D eigenvalue weighted by atomic mass is 9.81. The maximum atomic E-state index is 6.12. The van der Waals surface area contributed by atoms with Crippen molar-refractivity contribution >= 4 is 17.0 Å². The summed E-state index contributed by atoms with van der Waals surface area (Å²) in [5, 5.41) is 0. The minimum atomic E-state index is 0.665.